The van der Waals surface area contributed by atoms with Crippen LogP contribution in [0.4, 0.5) is 10.3 Å². The highest BCUT2D eigenvalue weighted by Crippen LogP contribution is 2.31. The predicted molar refractivity (Wildman–Crippen MR) is 143 cm³/mol. The van der Waals surface area contributed by atoms with Crippen LogP contribution in [0.1, 0.15) is 43.8 Å². The summed E-state index contributed by atoms with van der Waals surface area (Å²) in [6.45, 7) is 4.65. The van der Waals surface area contributed by atoms with E-state index >= 15 is 0 Å². The molecular weight excluding hydrogens is 505 g/mol. The van der Waals surface area contributed by atoms with Gasteiger partial charge in [0.05, 0.1) is 18.3 Å². The molecule has 4 aromatic rings. The zero-order chi connectivity index (χ0) is 28.1. The van der Waals surface area contributed by atoms with Gasteiger partial charge < -0.3 is 20.4 Å². The summed E-state index contributed by atoms with van der Waals surface area (Å²) in [5.74, 6) is -1.25. The van der Waals surface area contributed by atoms with Gasteiger partial charge in [-0.15, -0.1) is 0 Å². The van der Waals surface area contributed by atoms with Crippen LogP contribution in [0, 0.1) is 12.7 Å². The molecule has 0 radical (unpaired) electrons. The van der Waals surface area contributed by atoms with Crippen LogP contribution in [0.15, 0.2) is 54.6 Å². The zero-order valence-electron chi connectivity index (χ0n) is 21.7. The van der Waals surface area contributed by atoms with Crippen molar-refractivity contribution in [1.29, 1.82) is 0 Å². The largest absolute Gasteiger partial charge is 0.494 e. The van der Waals surface area contributed by atoms with E-state index < -0.39 is 17.6 Å². The highest BCUT2D eigenvalue weighted by Gasteiger charge is 2.21. The quantitative estimate of drug-likeness (QED) is 0.267. The Morgan fingerprint density at radius 1 is 1.08 bits per heavy atom. The lowest BCUT2D eigenvalue weighted by Gasteiger charge is -2.11. The number of nitrogens with two attached hydrogens (primary N) is 1. The molecule has 2 aromatic carbocycles. The summed E-state index contributed by atoms with van der Waals surface area (Å²) in [5, 5.41) is 9.89. The number of benzene rings is 2. The summed E-state index contributed by atoms with van der Waals surface area (Å²) in [6, 6.07) is 9.96. The molecule has 11 nitrogen and oxygen atoms in total. The second kappa shape index (κ2) is 11.6. The van der Waals surface area contributed by atoms with Gasteiger partial charge in [-0.05, 0) is 56.3 Å². The van der Waals surface area contributed by atoms with Crippen molar-refractivity contribution in [1.82, 2.24) is 24.6 Å². The lowest BCUT2D eigenvalue weighted by Crippen LogP contribution is -2.23. The molecule has 0 saturated carbocycles. The molecule has 12 heteroatoms. The third-order valence-electron chi connectivity index (χ3n) is 5.91. The number of imidazole rings is 1. The summed E-state index contributed by atoms with van der Waals surface area (Å²) in [6.07, 6.45) is 3.52. The van der Waals surface area contributed by atoms with Gasteiger partial charge in [-0.2, -0.15) is 5.10 Å². The molecule has 0 aliphatic heterocycles. The molecule has 2 aromatic heterocycles. The first-order chi connectivity index (χ1) is 18.7. The van der Waals surface area contributed by atoms with Crippen molar-refractivity contribution in [2.45, 2.75) is 26.9 Å². The summed E-state index contributed by atoms with van der Waals surface area (Å²) < 4.78 is 21.9. The average Bonchev–Trinajstić information content (AvgIpc) is 3.47. The maximum absolute atomic E-state index is 13.2. The number of amides is 3. The van der Waals surface area contributed by atoms with Gasteiger partial charge in [0.15, 0.2) is 0 Å². The van der Waals surface area contributed by atoms with Gasteiger partial charge in [0, 0.05) is 30.8 Å². The van der Waals surface area contributed by atoms with E-state index in [1.54, 1.807) is 34.4 Å². The molecular formula is C27H28FN7O4. The minimum Gasteiger partial charge on any atom is -0.494 e. The average molecular weight is 534 g/mol. The SMILES string of the molecule is CCn1nc(C)cc1C(=O)Nc1nc2cc(C(N)=O)cc(OC)c2n1CC=CCNC(=O)c1ccc(F)cc1. The van der Waals surface area contributed by atoms with Gasteiger partial charge in [0.25, 0.3) is 11.8 Å². The molecule has 0 fully saturated rings. The van der Waals surface area contributed by atoms with Gasteiger partial charge in [-0.1, -0.05) is 12.2 Å². The Bertz CT molecular complexity index is 1570. The lowest BCUT2D eigenvalue weighted by atomic mass is 10.1. The Hall–Kier alpha value is -5.00. The maximum atomic E-state index is 13.2. The maximum Gasteiger partial charge on any atom is 0.276 e. The number of primary amides is 1. The minimum atomic E-state index is -0.644. The monoisotopic (exact) mass is 533 g/mol. The molecule has 0 aliphatic rings. The van der Waals surface area contributed by atoms with Crippen molar-refractivity contribution in [3.05, 3.63) is 82.9 Å². The number of nitrogens with one attached hydrogen (secondary N) is 2. The van der Waals surface area contributed by atoms with Crippen LogP contribution in [0.3, 0.4) is 0 Å². The summed E-state index contributed by atoms with van der Waals surface area (Å²) >= 11 is 0. The molecule has 2 heterocycles. The summed E-state index contributed by atoms with van der Waals surface area (Å²) in [4.78, 5) is 41.8. The Morgan fingerprint density at radius 2 is 1.82 bits per heavy atom. The number of carbonyl (C=O) groups excluding carboxylic acids is 3. The van der Waals surface area contributed by atoms with Crippen molar-refractivity contribution in [3.63, 3.8) is 0 Å². The molecule has 3 amide bonds. The second-order valence-corrected chi connectivity index (χ2v) is 8.59. The molecule has 0 saturated heterocycles. The Kier molecular flexibility index (Phi) is 8.04. The van der Waals surface area contributed by atoms with Crippen LogP contribution in [-0.4, -0.2) is 50.7 Å². The zero-order valence-corrected chi connectivity index (χ0v) is 21.7. The predicted octanol–water partition coefficient (Wildman–Crippen LogP) is 3.05. The Morgan fingerprint density at radius 3 is 2.49 bits per heavy atom. The molecule has 4 N–H and O–H groups in total. The van der Waals surface area contributed by atoms with Gasteiger partial charge in [0.1, 0.15) is 22.8 Å². The van der Waals surface area contributed by atoms with Gasteiger partial charge in [0.2, 0.25) is 11.9 Å². The first-order valence-corrected chi connectivity index (χ1v) is 12.1. The number of methoxy groups -OCH3 is 1. The number of rotatable bonds is 10. The topological polar surface area (TPSA) is 146 Å². The number of hydrogen-bond donors (Lipinski definition) is 3. The minimum absolute atomic E-state index is 0.209. The van der Waals surface area contributed by atoms with Crippen LogP contribution in [0.5, 0.6) is 5.75 Å². The Labute approximate surface area is 223 Å². The number of ether oxygens (including phenoxy) is 1. The third-order valence-corrected chi connectivity index (χ3v) is 5.91. The summed E-state index contributed by atoms with van der Waals surface area (Å²) in [5.41, 5.74) is 8.04. The van der Waals surface area contributed by atoms with E-state index in [-0.39, 0.29) is 30.5 Å². The van der Waals surface area contributed by atoms with Crippen molar-refractivity contribution in [3.8, 4) is 5.75 Å². The van der Waals surface area contributed by atoms with Gasteiger partial charge in [-0.25, -0.2) is 9.37 Å². The van der Waals surface area contributed by atoms with Crippen LogP contribution < -0.4 is 21.1 Å². The van der Waals surface area contributed by atoms with E-state index in [1.165, 1.54) is 43.5 Å². The van der Waals surface area contributed by atoms with E-state index in [9.17, 15) is 18.8 Å². The van der Waals surface area contributed by atoms with E-state index in [0.29, 0.717) is 40.3 Å². The van der Waals surface area contributed by atoms with E-state index in [2.05, 4.69) is 20.7 Å². The van der Waals surface area contributed by atoms with Crippen LogP contribution >= 0.6 is 0 Å². The summed E-state index contributed by atoms with van der Waals surface area (Å²) in [7, 11) is 1.46. The van der Waals surface area contributed by atoms with Gasteiger partial charge in [-0.3, -0.25) is 24.4 Å². The molecule has 39 heavy (non-hydrogen) atoms. The van der Waals surface area contributed by atoms with Crippen molar-refractivity contribution >= 4 is 34.7 Å². The number of carbonyl (C=O) groups is 3. The number of halogens is 1. The van der Waals surface area contributed by atoms with Crippen molar-refractivity contribution in [2.75, 3.05) is 19.0 Å². The number of hydrogen-bond acceptors (Lipinski definition) is 6. The first kappa shape index (κ1) is 27.0. The van der Waals surface area contributed by atoms with E-state index in [0.717, 1.165) is 0 Å². The van der Waals surface area contributed by atoms with Crippen molar-refractivity contribution < 1.29 is 23.5 Å². The van der Waals surface area contributed by atoms with Gasteiger partial charge >= 0.3 is 0 Å². The van der Waals surface area contributed by atoms with E-state index in [1.807, 2.05) is 6.92 Å². The lowest BCUT2D eigenvalue weighted by molar-refractivity contribution is 0.0955. The number of anilines is 1. The smallest absolute Gasteiger partial charge is 0.276 e. The fourth-order valence-electron chi connectivity index (χ4n) is 4.05. The first-order valence-electron chi connectivity index (χ1n) is 12.1. The molecule has 0 atom stereocenters. The number of fused-ring (bicyclic) bond motifs is 1. The normalized spacial score (nSPS) is 11.2. The third kappa shape index (κ3) is 5.95. The number of aromatic nitrogens is 4. The molecule has 0 spiro atoms. The standard InChI is InChI=1S/C27H28FN7O4/c1-4-35-21(13-16(2)33-35)26(38)32-27-31-20-14-18(24(29)36)15-22(39-3)23(20)34(27)12-6-5-11-30-25(37)17-7-9-19(28)10-8-17/h5-10,13-15H,4,11-12H2,1-3H3,(H2,29,36)(H,30,37)(H,31,32,38). The second-order valence-electron chi connectivity index (χ2n) is 8.59. The molecule has 0 aliphatic carbocycles. The van der Waals surface area contributed by atoms with Crippen molar-refractivity contribution in [2.24, 2.45) is 5.73 Å². The number of aryl methyl sites for hydroxylation is 2. The van der Waals surface area contributed by atoms with E-state index in [4.69, 9.17) is 10.5 Å². The van der Waals surface area contributed by atoms with Crippen LogP contribution in [0.2, 0.25) is 0 Å². The van der Waals surface area contributed by atoms with Crippen LogP contribution in [-0.2, 0) is 13.1 Å². The molecule has 4 rings (SSSR count). The Balaban J connectivity index is 1.61. The fourth-order valence-corrected chi connectivity index (χ4v) is 4.05. The highest BCUT2D eigenvalue weighted by molar-refractivity contribution is 6.04. The molecule has 202 valence electrons. The fraction of sp³-hybridized carbons (Fsp3) is 0.222. The molecule has 0 bridgehead atoms. The number of nitrogens with zero attached hydrogens (tertiary/aromatic N) is 4. The van der Waals surface area contributed by atoms with Crippen LogP contribution in [0.25, 0.3) is 11.0 Å². The number of allylic oxidation sites excluding steroid dienone is 1. The molecule has 0 unspecified atom stereocenters. The highest BCUT2D eigenvalue weighted by atomic mass is 19.1.